The molecule has 9 nitrogen and oxygen atoms in total. The number of alkyl carbamates (subject to hydrolysis) is 1. The number of furan rings is 1. The topological polar surface area (TPSA) is 127 Å². The second-order valence-corrected chi connectivity index (χ2v) is 11.7. The number of nitrogens with one attached hydrogen (secondary N) is 2. The summed E-state index contributed by atoms with van der Waals surface area (Å²) >= 11 is 0. The molecule has 1 heterocycles. The average Bonchev–Trinajstić information content (AvgIpc) is 3.73. The van der Waals surface area contributed by atoms with Gasteiger partial charge < -0.3 is 30.4 Å². The molecule has 2 aliphatic rings. The summed E-state index contributed by atoms with van der Waals surface area (Å²) in [6.45, 7) is 0.548. The molecule has 4 aromatic rings. The smallest absolute Gasteiger partial charge is 0.407 e. The van der Waals surface area contributed by atoms with Gasteiger partial charge in [-0.2, -0.15) is 0 Å². The van der Waals surface area contributed by atoms with Crippen LogP contribution in [-0.2, 0) is 16.1 Å². The van der Waals surface area contributed by atoms with E-state index in [1.807, 2.05) is 41.3 Å². The second-order valence-electron chi connectivity index (χ2n) is 11.7. The highest BCUT2D eigenvalue weighted by Gasteiger charge is 2.30. The minimum Gasteiger partial charge on any atom is -0.459 e. The van der Waals surface area contributed by atoms with E-state index < -0.39 is 18.0 Å². The quantitative estimate of drug-likeness (QED) is 0.201. The summed E-state index contributed by atoms with van der Waals surface area (Å²) < 4.78 is 10.9. The van der Waals surface area contributed by atoms with Crippen LogP contribution in [0.25, 0.3) is 11.1 Å². The lowest BCUT2D eigenvalue weighted by atomic mass is 9.93. The zero-order valence-electron chi connectivity index (χ0n) is 25.1. The molecule has 0 bridgehead atoms. The molecule has 1 fully saturated rings. The number of hydrogen-bond donors (Lipinski definition) is 3. The molecule has 1 atom stereocenters. The molecule has 0 aliphatic heterocycles. The molecule has 9 heteroatoms. The van der Waals surface area contributed by atoms with E-state index in [1.54, 1.807) is 24.3 Å². The summed E-state index contributed by atoms with van der Waals surface area (Å²) in [6, 6.07) is 26.2. The van der Waals surface area contributed by atoms with Crippen molar-refractivity contribution in [2.45, 2.75) is 56.7 Å². The average molecular weight is 607 g/mol. The number of rotatable bonds is 10. The van der Waals surface area contributed by atoms with E-state index >= 15 is 0 Å². The first-order chi connectivity index (χ1) is 22.0. The predicted octanol–water partition coefficient (Wildman–Crippen LogP) is 6.06. The van der Waals surface area contributed by atoms with Crippen molar-refractivity contribution in [3.05, 3.63) is 114 Å². The molecule has 3 aromatic carbocycles. The van der Waals surface area contributed by atoms with E-state index in [1.165, 1.54) is 12.7 Å². The van der Waals surface area contributed by atoms with Crippen LogP contribution in [0.3, 0.4) is 0 Å². The van der Waals surface area contributed by atoms with E-state index in [9.17, 15) is 14.4 Å². The van der Waals surface area contributed by atoms with Gasteiger partial charge in [0.2, 0.25) is 5.91 Å². The van der Waals surface area contributed by atoms with Gasteiger partial charge in [-0.25, -0.2) is 4.79 Å². The first kappa shape index (κ1) is 30.1. The van der Waals surface area contributed by atoms with E-state index in [4.69, 9.17) is 14.9 Å². The monoisotopic (exact) mass is 606 g/mol. The standard InChI is InChI=1S/C36H38N4O5/c37-32(21-38-36(43)45-23-31-29-13-6-4-11-27(29)28-12-5-7-14-30(28)31)34(41)39-25-18-16-24(17-19-25)22-40(26-9-2-1-3-10-26)35(42)33-15-8-20-44-33/h4-8,11-20,26,31-32H,1-3,9-10,21-23,37H2,(H,38,43)(H,39,41)/t32-/m0/s1. The number of benzene rings is 3. The van der Waals surface area contributed by atoms with E-state index in [-0.39, 0.29) is 31.0 Å². The fourth-order valence-corrected chi connectivity index (χ4v) is 6.36. The summed E-state index contributed by atoms with van der Waals surface area (Å²) in [5, 5.41) is 5.41. The van der Waals surface area contributed by atoms with E-state index in [0.717, 1.165) is 53.5 Å². The van der Waals surface area contributed by atoms with E-state index in [0.29, 0.717) is 18.0 Å². The highest BCUT2D eigenvalue weighted by atomic mass is 16.5. The second kappa shape index (κ2) is 13.8. The number of carbonyl (C=O) groups is 3. The van der Waals surface area contributed by atoms with Crippen molar-refractivity contribution in [2.24, 2.45) is 5.73 Å². The number of carbonyl (C=O) groups excluding carboxylic acids is 3. The SMILES string of the molecule is N[C@@H](CNC(=O)OCC1c2ccccc2-c2ccccc21)C(=O)Nc1ccc(CN(C(=O)c2ccco2)C2CCCCC2)cc1. The molecule has 6 rings (SSSR count). The zero-order valence-corrected chi connectivity index (χ0v) is 25.1. The Kier molecular flexibility index (Phi) is 9.26. The summed E-state index contributed by atoms with van der Waals surface area (Å²) in [5.74, 6) is -0.260. The van der Waals surface area contributed by atoms with Crippen LogP contribution < -0.4 is 16.4 Å². The third-order valence-corrected chi connectivity index (χ3v) is 8.73. The molecule has 2 aliphatic carbocycles. The Hall–Kier alpha value is -4.89. The fourth-order valence-electron chi connectivity index (χ4n) is 6.36. The summed E-state index contributed by atoms with van der Waals surface area (Å²) in [5.41, 5.74) is 12.1. The Morgan fingerprint density at radius 3 is 2.18 bits per heavy atom. The molecule has 1 aromatic heterocycles. The van der Waals surface area contributed by atoms with Crippen LogP contribution in [0.2, 0.25) is 0 Å². The van der Waals surface area contributed by atoms with Crippen molar-refractivity contribution in [3.63, 3.8) is 0 Å². The van der Waals surface area contributed by atoms with Crippen molar-refractivity contribution in [1.82, 2.24) is 10.2 Å². The molecule has 45 heavy (non-hydrogen) atoms. The number of anilines is 1. The van der Waals surface area contributed by atoms with Crippen LogP contribution in [0, 0.1) is 0 Å². The molecule has 0 radical (unpaired) electrons. The first-order valence-corrected chi connectivity index (χ1v) is 15.6. The van der Waals surface area contributed by atoms with E-state index in [2.05, 4.69) is 34.9 Å². The molecule has 0 saturated heterocycles. The van der Waals surface area contributed by atoms with Gasteiger partial charge in [0.05, 0.1) is 6.26 Å². The van der Waals surface area contributed by atoms with Crippen LogP contribution in [0.15, 0.2) is 95.6 Å². The van der Waals surface area contributed by atoms with Crippen molar-refractivity contribution in [1.29, 1.82) is 0 Å². The molecule has 1 saturated carbocycles. The molecule has 0 spiro atoms. The van der Waals surface area contributed by atoms with Gasteiger partial charge >= 0.3 is 6.09 Å². The number of nitrogens with two attached hydrogens (primary N) is 1. The fraction of sp³-hybridized carbons (Fsp3) is 0.306. The Morgan fingerprint density at radius 2 is 1.53 bits per heavy atom. The Labute approximate surface area is 262 Å². The number of ether oxygens (including phenoxy) is 1. The third kappa shape index (κ3) is 6.94. The molecule has 0 unspecified atom stereocenters. The lowest BCUT2D eigenvalue weighted by Gasteiger charge is -2.34. The third-order valence-electron chi connectivity index (χ3n) is 8.73. The Morgan fingerprint density at radius 1 is 0.867 bits per heavy atom. The normalized spacial score (nSPS) is 15.0. The number of hydrogen-bond acceptors (Lipinski definition) is 6. The highest BCUT2D eigenvalue weighted by molar-refractivity contribution is 5.95. The summed E-state index contributed by atoms with van der Waals surface area (Å²) in [7, 11) is 0. The van der Waals surface area contributed by atoms with Gasteiger partial charge in [-0.05, 0) is 64.9 Å². The van der Waals surface area contributed by atoms with Crippen LogP contribution >= 0.6 is 0 Å². The van der Waals surface area contributed by atoms with Crippen molar-refractivity contribution >= 4 is 23.6 Å². The number of fused-ring (bicyclic) bond motifs is 3. The van der Waals surface area contributed by atoms with Crippen molar-refractivity contribution < 1.29 is 23.5 Å². The Balaban J connectivity index is 0.987. The molecular weight excluding hydrogens is 568 g/mol. The van der Waals surface area contributed by atoms with Gasteiger partial charge in [0.25, 0.3) is 5.91 Å². The maximum atomic E-state index is 13.2. The van der Waals surface area contributed by atoms with Crippen molar-refractivity contribution in [2.75, 3.05) is 18.5 Å². The van der Waals surface area contributed by atoms with Gasteiger partial charge in [0.1, 0.15) is 12.6 Å². The van der Waals surface area contributed by atoms with Crippen LogP contribution in [0.4, 0.5) is 10.5 Å². The Bertz CT molecular complexity index is 1580. The lowest BCUT2D eigenvalue weighted by Crippen LogP contribution is -2.45. The van der Waals surface area contributed by atoms with Crippen LogP contribution in [-0.4, -0.2) is 48.0 Å². The largest absolute Gasteiger partial charge is 0.459 e. The molecule has 232 valence electrons. The zero-order chi connectivity index (χ0) is 31.2. The van der Waals surface area contributed by atoms with Crippen molar-refractivity contribution in [3.8, 4) is 11.1 Å². The predicted molar refractivity (Wildman–Crippen MR) is 172 cm³/mol. The van der Waals surface area contributed by atoms with Gasteiger partial charge in [-0.1, -0.05) is 79.9 Å². The molecule has 3 amide bonds. The lowest BCUT2D eigenvalue weighted by molar-refractivity contribution is -0.117. The minimum absolute atomic E-state index is 0.0545. The number of nitrogens with zero attached hydrogens (tertiary/aromatic N) is 1. The van der Waals surface area contributed by atoms with Gasteiger partial charge in [0.15, 0.2) is 5.76 Å². The maximum Gasteiger partial charge on any atom is 0.407 e. The molecular formula is C36H38N4O5. The maximum absolute atomic E-state index is 13.2. The summed E-state index contributed by atoms with van der Waals surface area (Å²) in [4.78, 5) is 40.4. The first-order valence-electron chi connectivity index (χ1n) is 15.6. The summed E-state index contributed by atoms with van der Waals surface area (Å²) in [6.07, 6.45) is 6.24. The van der Waals surface area contributed by atoms with Gasteiger partial charge in [-0.3, -0.25) is 9.59 Å². The highest BCUT2D eigenvalue weighted by Crippen LogP contribution is 2.44. The molecule has 4 N–H and O–H groups in total. The van der Waals surface area contributed by atoms with Crippen LogP contribution in [0.1, 0.15) is 65.3 Å². The van der Waals surface area contributed by atoms with Gasteiger partial charge in [-0.15, -0.1) is 0 Å². The van der Waals surface area contributed by atoms with Crippen LogP contribution in [0.5, 0.6) is 0 Å². The number of amides is 3. The van der Waals surface area contributed by atoms with Gasteiger partial charge in [0, 0.05) is 30.7 Å². The minimum atomic E-state index is -0.974.